The van der Waals surface area contributed by atoms with Crippen LogP contribution in [-0.2, 0) is 12.6 Å². The van der Waals surface area contributed by atoms with Crippen LogP contribution in [0.4, 0.5) is 13.2 Å². The van der Waals surface area contributed by atoms with Crippen molar-refractivity contribution >= 4 is 17.4 Å². The Morgan fingerprint density at radius 3 is 2.83 bits per heavy atom. The standard InChI is InChI=1S/C15H14F3N3OS/c1-2-11-13(23-21-20-11)14(22)19-12-7-9(12)8-5-3-4-6-10(8)15(16,17)18/h3-6,9,12H,2,7H2,1H3,(H,19,22)/t9-,12-/m1/s1. The van der Waals surface area contributed by atoms with Crippen LogP contribution in [0.3, 0.4) is 0 Å². The van der Waals surface area contributed by atoms with Gasteiger partial charge in [-0.15, -0.1) is 5.10 Å². The molecular weight excluding hydrogens is 327 g/mol. The van der Waals surface area contributed by atoms with E-state index in [1.54, 1.807) is 6.07 Å². The lowest BCUT2D eigenvalue weighted by atomic mass is 10.0. The van der Waals surface area contributed by atoms with Crippen LogP contribution >= 0.6 is 11.5 Å². The van der Waals surface area contributed by atoms with Crippen molar-refractivity contribution in [3.05, 3.63) is 46.0 Å². The van der Waals surface area contributed by atoms with Gasteiger partial charge in [-0.25, -0.2) is 0 Å². The number of benzene rings is 1. The van der Waals surface area contributed by atoms with E-state index < -0.39 is 11.7 Å². The van der Waals surface area contributed by atoms with Gasteiger partial charge in [0.15, 0.2) is 0 Å². The number of nitrogens with zero attached hydrogens (tertiary/aromatic N) is 2. The van der Waals surface area contributed by atoms with Gasteiger partial charge in [-0.2, -0.15) is 13.2 Å². The van der Waals surface area contributed by atoms with Gasteiger partial charge in [-0.05, 0) is 36.0 Å². The largest absolute Gasteiger partial charge is 0.416 e. The fourth-order valence-electron chi connectivity index (χ4n) is 2.62. The molecule has 23 heavy (non-hydrogen) atoms. The number of aryl methyl sites for hydroxylation is 1. The van der Waals surface area contributed by atoms with Crippen LogP contribution in [0.2, 0.25) is 0 Å². The molecule has 1 aliphatic carbocycles. The van der Waals surface area contributed by atoms with Gasteiger partial charge >= 0.3 is 6.18 Å². The summed E-state index contributed by atoms with van der Waals surface area (Å²) in [6.45, 7) is 1.87. The molecule has 3 rings (SSSR count). The van der Waals surface area contributed by atoms with Gasteiger partial charge in [-0.3, -0.25) is 4.79 Å². The van der Waals surface area contributed by atoms with E-state index in [-0.39, 0.29) is 23.4 Å². The van der Waals surface area contributed by atoms with Gasteiger partial charge < -0.3 is 5.32 Å². The Bertz CT molecular complexity index is 729. The van der Waals surface area contributed by atoms with Crippen molar-refractivity contribution in [2.75, 3.05) is 0 Å². The molecule has 0 unspecified atom stereocenters. The number of amides is 1. The highest BCUT2D eigenvalue weighted by Gasteiger charge is 2.45. The monoisotopic (exact) mass is 341 g/mol. The molecule has 1 saturated carbocycles. The first-order valence-electron chi connectivity index (χ1n) is 7.20. The number of alkyl halides is 3. The maximum absolute atomic E-state index is 13.0. The van der Waals surface area contributed by atoms with Crippen LogP contribution in [0.1, 0.15) is 45.8 Å². The van der Waals surface area contributed by atoms with E-state index in [1.807, 2.05) is 6.92 Å². The molecular formula is C15H14F3N3OS. The Hall–Kier alpha value is -1.96. The summed E-state index contributed by atoms with van der Waals surface area (Å²) in [5.74, 6) is -0.614. The predicted molar refractivity (Wildman–Crippen MR) is 79.3 cm³/mol. The zero-order valence-electron chi connectivity index (χ0n) is 12.2. The van der Waals surface area contributed by atoms with E-state index in [4.69, 9.17) is 0 Å². The maximum atomic E-state index is 13.0. The molecule has 0 saturated heterocycles. The molecule has 1 amide bonds. The van der Waals surface area contributed by atoms with E-state index >= 15 is 0 Å². The third kappa shape index (κ3) is 3.21. The Kier molecular flexibility index (Phi) is 4.09. The first-order chi connectivity index (χ1) is 10.9. The lowest BCUT2D eigenvalue weighted by Gasteiger charge is -2.12. The lowest BCUT2D eigenvalue weighted by molar-refractivity contribution is -0.138. The van der Waals surface area contributed by atoms with Gasteiger partial charge in [0, 0.05) is 12.0 Å². The molecule has 4 nitrogen and oxygen atoms in total. The summed E-state index contributed by atoms with van der Waals surface area (Å²) in [7, 11) is 0. The Morgan fingerprint density at radius 1 is 1.39 bits per heavy atom. The van der Waals surface area contributed by atoms with Crippen LogP contribution in [-0.4, -0.2) is 21.5 Å². The minimum absolute atomic E-state index is 0.239. The normalized spacial score (nSPS) is 20.3. The Morgan fingerprint density at radius 2 is 2.13 bits per heavy atom. The van der Waals surface area contributed by atoms with Gasteiger partial charge in [0.2, 0.25) is 0 Å². The molecule has 1 heterocycles. The van der Waals surface area contributed by atoms with E-state index in [2.05, 4.69) is 14.9 Å². The van der Waals surface area contributed by atoms with E-state index in [1.165, 1.54) is 12.1 Å². The molecule has 1 aliphatic rings. The predicted octanol–water partition coefficient (Wildman–Crippen LogP) is 3.41. The van der Waals surface area contributed by atoms with Crippen molar-refractivity contribution in [1.29, 1.82) is 0 Å². The van der Waals surface area contributed by atoms with Crippen molar-refractivity contribution in [2.45, 2.75) is 37.9 Å². The molecule has 0 aliphatic heterocycles. The molecule has 1 N–H and O–H groups in total. The fourth-order valence-corrected chi connectivity index (χ4v) is 3.28. The third-order valence-corrected chi connectivity index (χ3v) is 4.64. The summed E-state index contributed by atoms with van der Waals surface area (Å²) in [6, 6.07) is 5.24. The molecule has 0 spiro atoms. The SMILES string of the molecule is CCc1nnsc1C(=O)N[C@@H]1C[C@@H]1c1ccccc1C(F)(F)F. The van der Waals surface area contributed by atoms with Gasteiger partial charge in [-0.1, -0.05) is 29.6 Å². The number of hydrogen-bond donors (Lipinski definition) is 1. The van der Waals surface area contributed by atoms with Crippen LogP contribution < -0.4 is 5.32 Å². The van der Waals surface area contributed by atoms with Crippen molar-refractivity contribution < 1.29 is 18.0 Å². The second kappa shape index (κ2) is 5.92. The zero-order chi connectivity index (χ0) is 16.6. The Balaban J connectivity index is 1.73. The fraction of sp³-hybridized carbons (Fsp3) is 0.400. The summed E-state index contributed by atoms with van der Waals surface area (Å²) >= 11 is 1.00. The highest BCUT2D eigenvalue weighted by Crippen LogP contribution is 2.46. The highest BCUT2D eigenvalue weighted by molar-refractivity contribution is 7.08. The smallest absolute Gasteiger partial charge is 0.348 e. The van der Waals surface area contributed by atoms with Crippen molar-refractivity contribution in [3.63, 3.8) is 0 Å². The summed E-state index contributed by atoms with van der Waals surface area (Å²) in [4.78, 5) is 12.6. The second-order valence-electron chi connectivity index (χ2n) is 5.41. The van der Waals surface area contributed by atoms with Gasteiger partial charge in [0.05, 0.1) is 11.3 Å². The summed E-state index contributed by atoms with van der Waals surface area (Å²) in [5, 5.41) is 6.65. The first-order valence-corrected chi connectivity index (χ1v) is 7.97. The van der Waals surface area contributed by atoms with Crippen LogP contribution in [0.15, 0.2) is 24.3 Å². The molecule has 2 aromatic rings. The second-order valence-corrected chi connectivity index (χ2v) is 6.16. The van der Waals surface area contributed by atoms with E-state index in [9.17, 15) is 18.0 Å². The molecule has 0 bridgehead atoms. The number of nitrogens with one attached hydrogen (secondary N) is 1. The summed E-state index contributed by atoms with van der Waals surface area (Å²) in [6.07, 6.45) is -3.29. The van der Waals surface area contributed by atoms with E-state index in [0.29, 0.717) is 23.4 Å². The number of hydrogen-bond acceptors (Lipinski definition) is 4. The maximum Gasteiger partial charge on any atom is 0.416 e. The molecule has 1 aromatic heterocycles. The first kappa shape index (κ1) is 15.9. The zero-order valence-corrected chi connectivity index (χ0v) is 13.0. The number of carbonyl (C=O) groups excluding carboxylic acids is 1. The van der Waals surface area contributed by atoms with Crippen molar-refractivity contribution in [3.8, 4) is 0 Å². The third-order valence-electron chi connectivity index (χ3n) is 3.87. The minimum Gasteiger partial charge on any atom is -0.348 e. The van der Waals surface area contributed by atoms with Crippen molar-refractivity contribution in [2.24, 2.45) is 0 Å². The molecule has 122 valence electrons. The molecule has 2 atom stereocenters. The Labute approximate surface area is 134 Å². The quantitative estimate of drug-likeness (QED) is 0.927. The van der Waals surface area contributed by atoms with Crippen molar-refractivity contribution in [1.82, 2.24) is 14.9 Å². The molecule has 0 radical (unpaired) electrons. The van der Waals surface area contributed by atoms with Crippen LogP contribution in [0, 0.1) is 0 Å². The lowest BCUT2D eigenvalue weighted by Crippen LogP contribution is -2.27. The van der Waals surface area contributed by atoms with Crippen LogP contribution in [0.25, 0.3) is 0 Å². The van der Waals surface area contributed by atoms with Crippen LogP contribution in [0.5, 0.6) is 0 Å². The topological polar surface area (TPSA) is 54.9 Å². The van der Waals surface area contributed by atoms with Gasteiger partial charge in [0.1, 0.15) is 4.88 Å². The molecule has 1 fully saturated rings. The average molecular weight is 341 g/mol. The summed E-state index contributed by atoms with van der Waals surface area (Å²) in [5.41, 5.74) is 0.222. The van der Waals surface area contributed by atoms with E-state index in [0.717, 1.165) is 17.6 Å². The van der Waals surface area contributed by atoms with Gasteiger partial charge in [0.25, 0.3) is 5.91 Å². The average Bonchev–Trinajstić information content (AvgIpc) is 3.10. The summed E-state index contributed by atoms with van der Waals surface area (Å²) < 4.78 is 42.9. The number of carbonyl (C=O) groups is 1. The number of halogens is 3. The molecule has 8 heteroatoms. The number of rotatable bonds is 4. The highest BCUT2D eigenvalue weighted by atomic mass is 32.1. The number of aromatic nitrogens is 2. The minimum atomic E-state index is -4.38. The molecule has 1 aromatic carbocycles.